The Morgan fingerprint density at radius 1 is 1.55 bits per heavy atom. The van der Waals surface area contributed by atoms with Gasteiger partial charge in [0.1, 0.15) is 4.88 Å². The van der Waals surface area contributed by atoms with Gasteiger partial charge in [-0.05, 0) is 35.5 Å². The van der Waals surface area contributed by atoms with Crippen molar-refractivity contribution in [3.05, 3.63) is 32.5 Å². The second-order valence-electron chi connectivity index (χ2n) is 4.17. The van der Waals surface area contributed by atoms with Crippen molar-refractivity contribution in [2.75, 3.05) is 13.6 Å². The molecule has 0 aliphatic heterocycles. The topological polar surface area (TPSA) is 72.1 Å². The predicted octanol–water partition coefficient (Wildman–Crippen LogP) is 1.49. The van der Waals surface area contributed by atoms with Crippen molar-refractivity contribution in [3.63, 3.8) is 0 Å². The molecule has 5 nitrogen and oxygen atoms in total. The molecule has 0 radical (unpaired) electrons. The Labute approximate surface area is 125 Å². The first-order chi connectivity index (χ1) is 9.61. The van der Waals surface area contributed by atoms with Crippen molar-refractivity contribution in [3.8, 4) is 11.8 Å². The normalized spacial score (nSPS) is 9.95. The van der Waals surface area contributed by atoms with E-state index in [1.165, 1.54) is 0 Å². The maximum absolute atomic E-state index is 12.2. The zero-order chi connectivity index (χ0) is 14.5. The average molecular weight is 306 g/mol. The Kier molecular flexibility index (Phi) is 4.84. The zero-order valence-corrected chi connectivity index (χ0v) is 12.8. The molecule has 7 heteroatoms. The minimum absolute atomic E-state index is 0.0571. The van der Waals surface area contributed by atoms with Crippen LogP contribution in [-0.2, 0) is 6.54 Å². The van der Waals surface area contributed by atoms with Gasteiger partial charge >= 0.3 is 0 Å². The molecule has 0 unspecified atom stereocenters. The van der Waals surface area contributed by atoms with E-state index in [0.717, 1.165) is 22.0 Å². The molecular formula is C13H14N4OS2. The van der Waals surface area contributed by atoms with Gasteiger partial charge in [-0.25, -0.2) is 0 Å². The van der Waals surface area contributed by atoms with Crippen LogP contribution in [0, 0.1) is 18.8 Å². The molecule has 2 rings (SSSR count). The van der Waals surface area contributed by atoms with E-state index in [1.807, 2.05) is 11.4 Å². The van der Waals surface area contributed by atoms with Gasteiger partial charge in [0.15, 0.2) is 0 Å². The van der Waals surface area contributed by atoms with Gasteiger partial charge in [0.2, 0.25) is 0 Å². The summed E-state index contributed by atoms with van der Waals surface area (Å²) in [5, 5.41) is 5.86. The first-order valence-corrected chi connectivity index (χ1v) is 7.58. The van der Waals surface area contributed by atoms with Crippen molar-refractivity contribution in [1.82, 2.24) is 14.5 Å². The summed E-state index contributed by atoms with van der Waals surface area (Å²) in [5.41, 5.74) is 7.07. The quantitative estimate of drug-likeness (QED) is 0.872. The molecule has 2 N–H and O–H groups in total. The van der Waals surface area contributed by atoms with Crippen LogP contribution in [-0.4, -0.2) is 34.0 Å². The van der Waals surface area contributed by atoms with Crippen molar-refractivity contribution in [1.29, 1.82) is 0 Å². The van der Waals surface area contributed by atoms with Gasteiger partial charge < -0.3 is 10.6 Å². The maximum atomic E-state index is 12.2. The third kappa shape index (κ3) is 3.42. The lowest BCUT2D eigenvalue weighted by molar-refractivity contribution is 0.0789. The molecule has 20 heavy (non-hydrogen) atoms. The zero-order valence-electron chi connectivity index (χ0n) is 11.2. The van der Waals surface area contributed by atoms with Gasteiger partial charge in [0, 0.05) is 13.6 Å². The summed E-state index contributed by atoms with van der Waals surface area (Å²) in [5.74, 6) is 5.75. The van der Waals surface area contributed by atoms with Gasteiger partial charge in [0.05, 0.1) is 17.1 Å². The number of carbonyl (C=O) groups excluding carboxylic acids is 1. The third-order valence-corrected chi connectivity index (χ3v) is 4.29. The number of nitrogens with zero attached hydrogens (tertiary/aromatic N) is 3. The Bertz CT molecular complexity index is 665. The molecule has 2 aromatic heterocycles. The summed E-state index contributed by atoms with van der Waals surface area (Å²) in [6, 6.07) is 1.98. The van der Waals surface area contributed by atoms with Crippen LogP contribution in [0.3, 0.4) is 0 Å². The molecule has 104 valence electrons. The van der Waals surface area contributed by atoms with E-state index in [2.05, 4.69) is 21.4 Å². The summed E-state index contributed by atoms with van der Waals surface area (Å²) < 4.78 is 3.79. The monoisotopic (exact) mass is 306 g/mol. The summed E-state index contributed by atoms with van der Waals surface area (Å²) >= 11 is 2.68. The molecule has 0 atom stereocenters. The lowest BCUT2D eigenvalue weighted by Crippen LogP contribution is -2.25. The Balaban J connectivity index is 2.04. The van der Waals surface area contributed by atoms with E-state index in [1.54, 1.807) is 30.2 Å². The van der Waals surface area contributed by atoms with E-state index in [9.17, 15) is 4.79 Å². The van der Waals surface area contributed by atoms with Gasteiger partial charge in [-0.1, -0.05) is 16.3 Å². The van der Waals surface area contributed by atoms with Gasteiger partial charge in [-0.3, -0.25) is 4.79 Å². The maximum Gasteiger partial charge on any atom is 0.267 e. The minimum atomic E-state index is -0.0571. The molecule has 1 amide bonds. The molecule has 0 aromatic carbocycles. The van der Waals surface area contributed by atoms with Crippen LogP contribution in [0.5, 0.6) is 0 Å². The second-order valence-corrected chi connectivity index (χ2v) is 5.84. The van der Waals surface area contributed by atoms with Crippen molar-refractivity contribution < 1.29 is 4.79 Å². The van der Waals surface area contributed by atoms with Crippen LogP contribution >= 0.6 is 22.9 Å². The Hall–Kier alpha value is -1.75. The smallest absolute Gasteiger partial charge is 0.267 e. The highest BCUT2D eigenvalue weighted by molar-refractivity contribution is 7.10. The van der Waals surface area contributed by atoms with E-state index >= 15 is 0 Å². The number of hydrogen-bond acceptors (Lipinski definition) is 6. The summed E-state index contributed by atoms with van der Waals surface area (Å²) in [6.45, 7) is 2.68. The SMILES string of the molecule is Cc1nnsc1C(=O)N(C)Cc1csc(C#CCN)c1. The third-order valence-electron chi connectivity index (χ3n) is 2.58. The number of nitrogens with two attached hydrogens (primary N) is 1. The number of carbonyl (C=O) groups is 1. The fourth-order valence-corrected chi connectivity index (χ4v) is 3.03. The van der Waals surface area contributed by atoms with Gasteiger partial charge in [-0.15, -0.1) is 16.4 Å². The number of amides is 1. The Morgan fingerprint density at radius 3 is 3.00 bits per heavy atom. The van der Waals surface area contributed by atoms with E-state index < -0.39 is 0 Å². The fourth-order valence-electron chi connectivity index (χ4n) is 1.61. The predicted molar refractivity (Wildman–Crippen MR) is 80.7 cm³/mol. The summed E-state index contributed by atoms with van der Waals surface area (Å²) in [4.78, 5) is 15.4. The molecule has 0 spiro atoms. The second kappa shape index (κ2) is 6.61. The molecule has 0 saturated heterocycles. The average Bonchev–Trinajstić information content (AvgIpc) is 3.04. The highest BCUT2D eigenvalue weighted by Gasteiger charge is 2.18. The summed E-state index contributed by atoms with van der Waals surface area (Å²) in [6.07, 6.45) is 0. The number of thiophene rings is 1. The van der Waals surface area contributed by atoms with E-state index in [4.69, 9.17) is 5.73 Å². The fraction of sp³-hybridized carbons (Fsp3) is 0.308. The van der Waals surface area contributed by atoms with Crippen molar-refractivity contribution in [2.45, 2.75) is 13.5 Å². The van der Waals surface area contributed by atoms with Crippen LogP contribution < -0.4 is 5.73 Å². The number of aromatic nitrogens is 2. The van der Waals surface area contributed by atoms with E-state index in [-0.39, 0.29) is 5.91 Å². The van der Waals surface area contributed by atoms with Crippen molar-refractivity contribution in [2.24, 2.45) is 5.73 Å². The number of aryl methyl sites for hydroxylation is 1. The molecule has 0 bridgehead atoms. The molecule has 0 aliphatic rings. The lowest BCUT2D eigenvalue weighted by atomic mass is 10.2. The molecule has 2 aromatic rings. The molecule has 0 aliphatic carbocycles. The standard InChI is InChI=1S/C13H14N4OS2/c1-9-12(20-16-15-9)13(18)17(2)7-10-6-11(19-8-10)4-3-5-14/h6,8H,5,7,14H2,1-2H3. The number of rotatable bonds is 3. The molecule has 0 saturated carbocycles. The van der Waals surface area contributed by atoms with Crippen LogP contribution in [0.2, 0.25) is 0 Å². The first-order valence-electron chi connectivity index (χ1n) is 5.92. The Morgan fingerprint density at radius 2 is 2.35 bits per heavy atom. The van der Waals surface area contributed by atoms with E-state index in [0.29, 0.717) is 23.7 Å². The summed E-state index contributed by atoms with van der Waals surface area (Å²) in [7, 11) is 1.77. The van der Waals surface area contributed by atoms with Crippen molar-refractivity contribution >= 4 is 28.8 Å². The van der Waals surface area contributed by atoms with Crippen LogP contribution in [0.15, 0.2) is 11.4 Å². The van der Waals surface area contributed by atoms with Gasteiger partial charge in [-0.2, -0.15) is 0 Å². The largest absolute Gasteiger partial charge is 0.337 e. The highest BCUT2D eigenvalue weighted by atomic mass is 32.1. The first kappa shape index (κ1) is 14.7. The number of hydrogen-bond donors (Lipinski definition) is 1. The van der Waals surface area contributed by atoms with Gasteiger partial charge in [0.25, 0.3) is 5.91 Å². The molecule has 0 fully saturated rings. The van der Waals surface area contributed by atoms with Crippen LogP contribution in [0.4, 0.5) is 0 Å². The van der Waals surface area contributed by atoms with Crippen LogP contribution in [0.1, 0.15) is 25.8 Å². The lowest BCUT2D eigenvalue weighted by Gasteiger charge is -2.15. The van der Waals surface area contributed by atoms with Crippen LogP contribution in [0.25, 0.3) is 0 Å². The minimum Gasteiger partial charge on any atom is -0.337 e. The molecule has 2 heterocycles. The molecular weight excluding hydrogens is 292 g/mol. The highest BCUT2D eigenvalue weighted by Crippen LogP contribution is 2.17.